The first-order chi connectivity index (χ1) is 9.29. The van der Waals surface area contributed by atoms with Crippen molar-refractivity contribution in [1.82, 2.24) is 5.32 Å². The van der Waals surface area contributed by atoms with Gasteiger partial charge in [-0.15, -0.1) is 0 Å². The van der Waals surface area contributed by atoms with Gasteiger partial charge in [-0.3, -0.25) is 0 Å². The maximum atomic E-state index is 13.8. The molecule has 0 saturated heterocycles. The van der Waals surface area contributed by atoms with Crippen LogP contribution >= 0.6 is 0 Å². The Kier molecular flexibility index (Phi) is 8.38. The van der Waals surface area contributed by atoms with Crippen LogP contribution in [0.15, 0.2) is 24.3 Å². The number of hydrogen-bond acceptors (Lipinski definition) is 3. The predicted molar refractivity (Wildman–Crippen MR) is 75.0 cm³/mol. The highest BCUT2D eigenvalue weighted by molar-refractivity contribution is 5.22. The van der Waals surface area contributed by atoms with E-state index in [1.807, 2.05) is 19.2 Å². The van der Waals surface area contributed by atoms with E-state index >= 15 is 0 Å². The van der Waals surface area contributed by atoms with Crippen LogP contribution in [0, 0.1) is 5.82 Å². The van der Waals surface area contributed by atoms with E-state index < -0.39 is 0 Å². The fourth-order valence-corrected chi connectivity index (χ4v) is 2.05. The summed E-state index contributed by atoms with van der Waals surface area (Å²) in [6.45, 7) is 2.80. The van der Waals surface area contributed by atoms with E-state index in [9.17, 15) is 4.39 Å². The standard InChI is InChI=1S/C15H24FNO2/c1-17-12-13(8-11-19-10-5-9-18-2)14-6-3-4-7-15(14)16/h3-4,6-7,13,17H,5,8-12H2,1-2H3. The first-order valence-corrected chi connectivity index (χ1v) is 6.75. The summed E-state index contributed by atoms with van der Waals surface area (Å²) in [5.74, 6) is 0.00996. The molecular weight excluding hydrogens is 245 g/mol. The van der Waals surface area contributed by atoms with E-state index in [0.29, 0.717) is 19.8 Å². The molecule has 1 N–H and O–H groups in total. The van der Waals surface area contributed by atoms with Gasteiger partial charge in [-0.05, 0) is 31.5 Å². The van der Waals surface area contributed by atoms with Crippen LogP contribution in [-0.4, -0.2) is 40.5 Å². The summed E-state index contributed by atoms with van der Waals surface area (Å²) in [5.41, 5.74) is 0.761. The summed E-state index contributed by atoms with van der Waals surface area (Å²) in [5, 5.41) is 3.11. The molecule has 0 aliphatic carbocycles. The van der Waals surface area contributed by atoms with Gasteiger partial charge in [-0.25, -0.2) is 4.39 Å². The van der Waals surface area contributed by atoms with Crippen LogP contribution in [0.2, 0.25) is 0 Å². The number of ether oxygens (including phenoxy) is 2. The molecule has 0 spiro atoms. The highest BCUT2D eigenvalue weighted by Crippen LogP contribution is 2.21. The normalized spacial score (nSPS) is 12.6. The molecule has 0 bridgehead atoms. The second-order valence-electron chi connectivity index (χ2n) is 4.52. The Morgan fingerprint density at radius 3 is 2.68 bits per heavy atom. The molecule has 1 aromatic rings. The third-order valence-corrected chi connectivity index (χ3v) is 3.04. The van der Waals surface area contributed by atoms with Crippen LogP contribution in [0.3, 0.4) is 0 Å². The minimum Gasteiger partial charge on any atom is -0.385 e. The maximum absolute atomic E-state index is 13.8. The molecule has 0 saturated carbocycles. The topological polar surface area (TPSA) is 30.5 Å². The monoisotopic (exact) mass is 269 g/mol. The molecule has 0 aliphatic heterocycles. The van der Waals surface area contributed by atoms with Gasteiger partial charge in [-0.2, -0.15) is 0 Å². The Morgan fingerprint density at radius 2 is 2.00 bits per heavy atom. The first-order valence-electron chi connectivity index (χ1n) is 6.75. The summed E-state index contributed by atoms with van der Waals surface area (Å²) in [4.78, 5) is 0. The molecule has 0 radical (unpaired) electrons. The van der Waals surface area contributed by atoms with E-state index in [1.165, 1.54) is 6.07 Å². The van der Waals surface area contributed by atoms with Crippen molar-refractivity contribution in [2.24, 2.45) is 0 Å². The molecule has 0 fully saturated rings. The van der Waals surface area contributed by atoms with E-state index in [4.69, 9.17) is 9.47 Å². The van der Waals surface area contributed by atoms with Crippen molar-refractivity contribution in [3.05, 3.63) is 35.6 Å². The van der Waals surface area contributed by atoms with Gasteiger partial charge in [0.05, 0.1) is 0 Å². The Morgan fingerprint density at radius 1 is 1.21 bits per heavy atom. The van der Waals surface area contributed by atoms with E-state index in [0.717, 1.165) is 24.9 Å². The molecule has 1 atom stereocenters. The number of nitrogens with one attached hydrogen (secondary N) is 1. The quantitative estimate of drug-likeness (QED) is 0.662. The van der Waals surface area contributed by atoms with Crippen LogP contribution in [0.4, 0.5) is 4.39 Å². The fourth-order valence-electron chi connectivity index (χ4n) is 2.05. The lowest BCUT2D eigenvalue weighted by molar-refractivity contribution is 0.0979. The number of benzene rings is 1. The predicted octanol–water partition coefficient (Wildman–Crippen LogP) is 2.57. The third-order valence-electron chi connectivity index (χ3n) is 3.04. The van der Waals surface area contributed by atoms with E-state index in [-0.39, 0.29) is 11.7 Å². The molecule has 1 rings (SSSR count). The molecule has 4 heteroatoms. The molecule has 0 amide bonds. The minimum absolute atomic E-state index is 0.137. The Hall–Kier alpha value is -0.970. The van der Waals surface area contributed by atoms with E-state index in [2.05, 4.69) is 5.32 Å². The summed E-state index contributed by atoms with van der Waals surface area (Å²) in [6, 6.07) is 6.96. The Bertz CT molecular complexity index is 347. The summed E-state index contributed by atoms with van der Waals surface area (Å²) >= 11 is 0. The van der Waals surface area contributed by atoms with Crippen molar-refractivity contribution >= 4 is 0 Å². The number of likely N-dealkylation sites (N-methyl/N-ethyl adjacent to an activating group) is 1. The van der Waals surface area contributed by atoms with Crippen LogP contribution in [0.5, 0.6) is 0 Å². The van der Waals surface area contributed by atoms with Gasteiger partial charge in [0.1, 0.15) is 5.82 Å². The summed E-state index contributed by atoms with van der Waals surface area (Å²) < 4.78 is 24.3. The molecule has 108 valence electrons. The van der Waals surface area contributed by atoms with Crippen molar-refractivity contribution in [3.8, 4) is 0 Å². The second kappa shape index (κ2) is 9.89. The highest BCUT2D eigenvalue weighted by Gasteiger charge is 2.14. The molecule has 3 nitrogen and oxygen atoms in total. The molecular formula is C15H24FNO2. The lowest BCUT2D eigenvalue weighted by atomic mass is 9.95. The molecule has 0 aliphatic rings. The number of rotatable bonds is 10. The van der Waals surface area contributed by atoms with E-state index in [1.54, 1.807) is 13.2 Å². The lowest BCUT2D eigenvalue weighted by Gasteiger charge is -2.17. The molecule has 0 heterocycles. The molecule has 1 unspecified atom stereocenters. The zero-order chi connectivity index (χ0) is 13.9. The largest absolute Gasteiger partial charge is 0.385 e. The zero-order valence-electron chi connectivity index (χ0n) is 11.8. The number of halogens is 1. The lowest BCUT2D eigenvalue weighted by Crippen LogP contribution is -2.20. The fraction of sp³-hybridized carbons (Fsp3) is 0.600. The highest BCUT2D eigenvalue weighted by atomic mass is 19.1. The van der Waals surface area contributed by atoms with Gasteiger partial charge < -0.3 is 14.8 Å². The van der Waals surface area contributed by atoms with Gasteiger partial charge in [0.15, 0.2) is 0 Å². The number of methoxy groups -OCH3 is 1. The zero-order valence-corrected chi connectivity index (χ0v) is 11.8. The van der Waals surface area contributed by atoms with Crippen LogP contribution in [0.25, 0.3) is 0 Å². The van der Waals surface area contributed by atoms with Crippen LogP contribution < -0.4 is 5.32 Å². The molecule has 19 heavy (non-hydrogen) atoms. The van der Waals surface area contributed by atoms with Crippen molar-refractivity contribution in [2.75, 3.05) is 40.5 Å². The second-order valence-corrected chi connectivity index (χ2v) is 4.52. The van der Waals surface area contributed by atoms with Crippen molar-refractivity contribution in [3.63, 3.8) is 0 Å². The summed E-state index contributed by atoms with van der Waals surface area (Å²) in [7, 11) is 3.56. The van der Waals surface area contributed by atoms with Gasteiger partial charge in [0.2, 0.25) is 0 Å². The van der Waals surface area contributed by atoms with Gasteiger partial charge in [0, 0.05) is 39.4 Å². The van der Waals surface area contributed by atoms with Crippen molar-refractivity contribution < 1.29 is 13.9 Å². The molecule has 0 aromatic heterocycles. The third kappa shape index (κ3) is 6.14. The average Bonchev–Trinajstić information content (AvgIpc) is 2.42. The SMILES string of the molecule is CNCC(CCOCCCOC)c1ccccc1F. The van der Waals surface area contributed by atoms with Crippen LogP contribution in [0.1, 0.15) is 24.3 Å². The first kappa shape index (κ1) is 16.1. The van der Waals surface area contributed by atoms with Crippen LogP contribution in [-0.2, 0) is 9.47 Å². The average molecular weight is 269 g/mol. The summed E-state index contributed by atoms with van der Waals surface area (Å²) in [6.07, 6.45) is 1.71. The maximum Gasteiger partial charge on any atom is 0.126 e. The van der Waals surface area contributed by atoms with Gasteiger partial charge in [-0.1, -0.05) is 18.2 Å². The van der Waals surface area contributed by atoms with Crippen molar-refractivity contribution in [2.45, 2.75) is 18.8 Å². The Balaban J connectivity index is 2.39. The minimum atomic E-state index is -0.137. The number of hydrogen-bond donors (Lipinski definition) is 1. The van der Waals surface area contributed by atoms with Gasteiger partial charge >= 0.3 is 0 Å². The van der Waals surface area contributed by atoms with Crippen molar-refractivity contribution in [1.29, 1.82) is 0 Å². The molecule has 1 aromatic carbocycles. The smallest absolute Gasteiger partial charge is 0.126 e. The van der Waals surface area contributed by atoms with Gasteiger partial charge in [0.25, 0.3) is 0 Å². The Labute approximate surface area is 115 Å².